The van der Waals surface area contributed by atoms with Crippen molar-refractivity contribution in [2.24, 2.45) is 0 Å². The summed E-state index contributed by atoms with van der Waals surface area (Å²) in [6.45, 7) is 13.3. The summed E-state index contributed by atoms with van der Waals surface area (Å²) in [5.74, 6) is -1.82. The second-order valence-electron chi connectivity index (χ2n) is 12.4. The van der Waals surface area contributed by atoms with Gasteiger partial charge in [-0.05, 0) is 50.7 Å². The zero-order valence-electron chi connectivity index (χ0n) is 30.8. The van der Waals surface area contributed by atoms with Crippen molar-refractivity contribution in [2.45, 2.75) is 205 Å². The van der Waals surface area contributed by atoms with Crippen LogP contribution in [0.2, 0.25) is 8.87 Å². The molecule has 1 aromatic carbocycles. The van der Waals surface area contributed by atoms with Crippen LogP contribution in [0.3, 0.4) is 0 Å². The summed E-state index contributed by atoms with van der Waals surface area (Å²) >= 11 is 0.149. The maximum atomic E-state index is 10.1. The predicted molar refractivity (Wildman–Crippen MR) is 195 cm³/mol. The Hall–Kier alpha value is -1.04. The summed E-state index contributed by atoms with van der Waals surface area (Å²) in [7, 11) is 0. The number of benzene rings is 1. The van der Waals surface area contributed by atoms with E-state index in [0.29, 0.717) is 0 Å². The Kier molecular flexibility index (Phi) is 46.2. The minimum absolute atomic E-state index is 0.149. The summed E-state index contributed by atoms with van der Waals surface area (Å²) in [5.41, 5.74) is 2.74. The van der Waals surface area contributed by atoms with Gasteiger partial charge in [-0.25, -0.2) is 0 Å². The summed E-state index contributed by atoms with van der Waals surface area (Å²) < 4.78 is 3.25. The van der Waals surface area contributed by atoms with E-state index in [0.717, 1.165) is 25.7 Å². The quantitative estimate of drug-likeness (QED) is 0.0700. The van der Waals surface area contributed by atoms with Gasteiger partial charge in [0, 0.05) is 11.9 Å². The van der Waals surface area contributed by atoms with E-state index >= 15 is 0 Å². The molecule has 0 fully saturated rings. The third-order valence-electron chi connectivity index (χ3n) is 7.81. The topological polar surface area (TPSA) is 80.3 Å². The van der Waals surface area contributed by atoms with Crippen LogP contribution in [0.1, 0.15) is 193 Å². The van der Waals surface area contributed by atoms with E-state index in [1.54, 1.807) is 8.87 Å². The maximum absolute atomic E-state index is 10.1. The molecular formula is C40H74O4Sn. The average molecular weight is 738 g/mol. The Bertz CT molecular complexity index is 663. The molecule has 0 unspecified atom stereocenters. The first kappa shape index (κ1) is 48.4. The first-order chi connectivity index (χ1) is 21.8. The van der Waals surface area contributed by atoms with E-state index in [-0.39, 0.29) is 34.0 Å². The molecule has 1 aromatic rings. The molecule has 45 heavy (non-hydrogen) atoms. The summed E-state index contributed by atoms with van der Waals surface area (Å²) in [5, 5.41) is 20.2. The van der Waals surface area contributed by atoms with E-state index in [4.69, 9.17) is 0 Å². The fraction of sp³-hybridized carbons (Fsp3) is 0.800. The third-order valence-corrected chi connectivity index (χ3v) is 11.8. The number of carboxylic acid groups (broad SMARTS) is 2. The van der Waals surface area contributed by atoms with Crippen LogP contribution in [0.25, 0.3) is 0 Å². The van der Waals surface area contributed by atoms with Crippen LogP contribution in [0.15, 0.2) is 24.3 Å². The minimum atomic E-state index is -0.909. The molecule has 0 saturated carbocycles. The van der Waals surface area contributed by atoms with Crippen molar-refractivity contribution in [1.82, 2.24) is 0 Å². The van der Waals surface area contributed by atoms with E-state index in [1.165, 1.54) is 127 Å². The number of carbonyl (C=O) groups excluding carboxylic acids is 2. The Morgan fingerprint density at radius 2 is 0.733 bits per heavy atom. The third kappa shape index (κ3) is 50.0. The molecule has 0 saturated heterocycles. The molecule has 0 aliphatic carbocycles. The molecule has 5 heteroatoms. The summed E-state index contributed by atoms with van der Waals surface area (Å²) in [6.07, 6.45) is 28.2. The Morgan fingerprint density at radius 1 is 0.467 bits per heavy atom. The number of aryl methyl sites for hydroxylation is 2. The molecule has 0 atom stereocenters. The monoisotopic (exact) mass is 738 g/mol. The molecule has 0 spiro atoms. The molecule has 0 aliphatic rings. The number of unbranched alkanes of at least 4 members (excludes halogenated alkanes) is 18. The summed E-state index contributed by atoms with van der Waals surface area (Å²) in [4.78, 5) is 20.2. The van der Waals surface area contributed by atoms with Gasteiger partial charge in [-0.3, -0.25) is 0 Å². The standard InChI is InChI=1S/2C12H24O2.C8H10.2C4H9.Sn/c2*1-2-3-4-5-6-7-8-9-10-11-12(13)14;1-7-5-3-4-6-8(7)2;2*1-3-4-2;/h2*2-11H2,1H3,(H,13,14);3-6H,1-2H3;2*1,3-4H2,2H3;/q;;;;;+2/p-2. The van der Waals surface area contributed by atoms with Crippen molar-refractivity contribution in [3.63, 3.8) is 0 Å². The van der Waals surface area contributed by atoms with Crippen LogP contribution >= 0.6 is 0 Å². The second-order valence-corrected chi connectivity index (χ2v) is 16.7. The van der Waals surface area contributed by atoms with E-state index < -0.39 is 11.9 Å². The normalized spacial score (nSPS) is 9.91. The van der Waals surface area contributed by atoms with Gasteiger partial charge >= 0.3 is 69.5 Å². The van der Waals surface area contributed by atoms with Crippen LogP contribution in [0, 0.1) is 13.8 Å². The van der Waals surface area contributed by atoms with Gasteiger partial charge in [-0.1, -0.05) is 141 Å². The SMILES string of the molecule is CCCCCCCCCCCC(=O)[O-].CCCCCCCCCCCC(=O)[O-].CCC[CH2][Sn+2][CH2]CCC.Cc1ccccc1C. The second kappa shape index (κ2) is 43.0. The fourth-order valence-electron chi connectivity index (χ4n) is 4.55. The van der Waals surface area contributed by atoms with Crippen molar-refractivity contribution in [2.75, 3.05) is 0 Å². The van der Waals surface area contributed by atoms with E-state index in [9.17, 15) is 19.8 Å². The van der Waals surface area contributed by atoms with Crippen LogP contribution in [-0.2, 0) is 9.59 Å². The van der Waals surface area contributed by atoms with Crippen LogP contribution < -0.4 is 10.2 Å². The molecule has 0 heterocycles. The van der Waals surface area contributed by atoms with E-state index in [2.05, 4.69) is 65.8 Å². The van der Waals surface area contributed by atoms with Crippen molar-refractivity contribution >= 4 is 33.1 Å². The summed E-state index contributed by atoms with van der Waals surface area (Å²) in [6, 6.07) is 8.36. The first-order valence-electron chi connectivity index (χ1n) is 18.9. The smallest absolute Gasteiger partial charge is 0.0395 e. The van der Waals surface area contributed by atoms with Crippen molar-refractivity contribution in [3.05, 3.63) is 35.4 Å². The number of hydrogen-bond acceptors (Lipinski definition) is 4. The molecule has 0 bridgehead atoms. The molecule has 262 valence electrons. The molecule has 0 radical (unpaired) electrons. The van der Waals surface area contributed by atoms with Gasteiger partial charge < -0.3 is 19.8 Å². The number of aliphatic carboxylic acids is 2. The molecule has 0 aromatic heterocycles. The predicted octanol–water partition coefficient (Wildman–Crippen LogP) is 10.7. The largest absolute Gasteiger partial charge is 0.0620 e. The zero-order valence-corrected chi connectivity index (χ0v) is 33.7. The van der Waals surface area contributed by atoms with Gasteiger partial charge in [0.05, 0.1) is 0 Å². The minimum Gasteiger partial charge on any atom is -0.0620 e. The Balaban J connectivity index is -0.000000536. The average Bonchev–Trinajstić information content (AvgIpc) is 3.01. The number of carbonyl (C=O) groups is 2. The van der Waals surface area contributed by atoms with Gasteiger partial charge in [-0.2, -0.15) is 0 Å². The van der Waals surface area contributed by atoms with Crippen molar-refractivity contribution < 1.29 is 19.8 Å². The van der Waals surface area contributed by atoms with Gasteiger partial charge in [-0.15, -0.1) is 0 Å². The van der Waals surface area contributed by atoms with Crippen LogP contribution in [0.4, 0.5) is 0 Å². The van der Waals surface area contributed by atoms with Crippen molar-refractivity contribution in [3.8, 4) is 0 Å². The number of rotatable bonds is 26. The van der Waals surface area contributed by atoms with Crippen LogP contribution in [0.5, 0.6) is 0 Å². The van der Waals surface area contributed by atoms with Crippen molar-refractivity contribution in [1.29, 1.82) is 0 Å². The molecular weight excluding hydrogens is 663 g/mol. The molecule has 0 amide bonds. The molecule has 1 rings (SSSR count). The molecule has 4 nitrogen and oxygen atoms in total. The number of hydrogen-bond donors (Lipinski definition) is 0. The Labute approximate surface area is 291 Å². The van der Waals surface area contributed by atoms with Gasteiger partial charge in [0.2, 0.25) is 0 Å². The molecule has 0 N–H and O–H groups in total. The Morgan fingerprint density at radius 3 is 0.978 bits per heavy atom. The number of carboxylic acids is 2. The maximum Gasteiger partial charge on any atom is -0.0395 e. The van der Waals surface area contributed by atoms with Gasteiger partial charge in [0.25, 0.3) is 0 Å². The van der Waals surface area contributed by atoms with Gasteiger partial charge in [0.15, 0.2) is 0 Å². The zero-order chi connectivity index (χ0) is 34.2. The fourth-order valence-corrected chi connectivity index (χ4v) is 8.71. The molecule has 0 aliphatic heterocycles. The van der Waals surface area contributed by atoms with Gasteiger partial charge in [0.1, 0.15) is 0 Å². The van der Waals surface area contributed by atoms with E-state index in [1.807, 2.05) is 0 Å². The first-order valence-corrected chi connectivity index (χ1v) is 22.9. The van der Waals surface area contributed by atoms with Crippen LogP contribution in [-0.4, -0.2) is 33.1 Å².